The highest BCUT2D eigenvalue weighted by Crippen LogP contribution is 2.19. The van der Waals surface area contributed by atoms with E-state index in [4.69, 9.17) is 10.5 Å². The van der Waals surface area contributed by atoms with Crippen LogP contribution < -0.4 is 21.1 Å². The molecule has 1 heterocycles. The number of amides is 3. The van der Waals surface area contributed by atoms with Crippen molar-refractivity contribution in [2.24, 2.45) is 17.6 Å². The minimum absolute atomic E-state index is 0.0621. The summed E-state index contributed by atoms with van der Waals surface area (Å²) in [5, 5.41) is 5.62. The normalized spacial score (nSPS) is 16.7. The Morgan fingerprint density at radius 3 is 2.40 bits per heavy atom. The molecule has 8 nitrogen and oxygen atoms in total. The van der Waals surface area contributed by atoms with Crippen LogP contribution in [0.4, 0.5) is 0 Å². The Morgan fingerprint density at radius 2 is 1.80 bits per heavy atom. The van der Waals surface area contributed by atoms with E-state index in [9.17, 15) is 14.4 Å². The molecule has 0 spiro atoms. The van der Waals surface area contributed by atoms with Gasteiger partial charge in [-0.1, -0.05) is 32.0 Å². The molecule has 1 fully saturated rings. The summed E-state index contributed by atoms with van der Waals surface area (Å²) in [7, 11) is 1.58. The molecule has 1 aromatic carbocycles. The van der Waals surface area contributed by atoms with E-state index in [1.54, 1.807) is 18.9 Å². The van der Waals surface area contributed by atoms with E-state index in [1.807, 2.05) is 38.1 Å². The van der Waals surface area contributed by atoms with Crippen LogP contribution in [0.15, 0.2) is 24.3 Å². The average Bonchev–Trinajstić information content (AvgIpc) is 2.76. The number of para-hydroxylation sites is 1. The molecule has 2 rings (SSSR count). The molecule has 8 heteroatoms. The summed E-state index contributed by atoms with van der Waals surface area (Å²) in [5.74, 6) is 0.0865. The average molecular weight is 419 g/mol. The van der Waals surface area contributed by atoms with E-state index in [1.165, 1.54) is 0 Å². The Morgan fingerprint density at radius 1 is 1.17 bits per heavy atom. The van der Waals surface area contributed by atoms with Crippen LogP contribution in [0, 0.1) is 11.8 Å². The zero-order valence-electron chi connectivity index (χ0n) is 18.3. The summed E-state index contributed by atoms with van der Waals surface area (Å²) >= 11 is 0. The van der Waals surface area contributed by atoms with Gasteiger partial charge < -0.3 is 26.0 Å². The molecule has 0 radical (unpaired) electrons. The van der Waals surface area contributed by atoms with Gasteiger partial charge in [-0.25, -0.2) is 0 Å². The molecular formula is C22H34N4O4. The predicted molar refractivity (Wildman–Crippen MR) is 115 cm³/mol. The molecule has 0 aromatic heterocycles. The maximum atomic E-state index is 12.6. The first-order chi connectivity index (χ1) is 14.2. The molecule has 0 saturated carbocycles. The van der Waals surface area contributed by atoms with Crippen LogP contribution in [0.5, 0.6) is 5.75 Å². The molecular weight excluding hydrogens is 384 g/mol. The summed E-state index contributed by atoms with van der Waals surface area (Å²) in [5.41, 5.74) is 6.81. The number of hydrogen-bond acceptors (Lipinski definition) is 5. The van der Waals surface area contributed by atoms with Gasteiger partial charge in [-0.2, -0.15) is 0 Å². The quantitative estimate of drug-likeness (QED) is 0.584. The molecule has 2 atom stereocenters. The smallest absolute Gasteiger partial charge is 0.242 e. The van der Waals surface area contributed by atoms with Gasteiger partial charge in [0.2, 0.25) is 17.7 Å². The van der Waals surface area contributed by atoms with Gasteiger partial charge in [0.25, 0.3) is 0 Å². The van der Waals surface area contributed by atoms with E-state index in [2.05, 4.69) is 10.6 Å². The summed E-state index contributed by atoms with van der Waals surface area (Å²) in [4.78, 5) is 39.0. The fourth-order valence-electron chi connectivity index (χ4n) is 3.44. The zero-order valence-corrected chi connectivity index (χ0v) is 18.3. The van der Waals surface area contributed by atoms with Gasteiger partial charge in [-0.05, 0) is 31.7 Å². The minimum atomic E-state index is -0.652. The molecule has 30 heavy (non-hydrogen) atoms. The molecule has 3 amide bonds. The van der Waals surface area contributed by atoms with Crippen molar-refractivity contribution in [2.45, 2.75) is 52.2 Å². The second kappa shape index (κ2) is 11.0. The maximum absolute atomic E-state index is 12.6. The van der Waals surface area contributed by atoms with Crippen molar-refractivity contribution >= 4 is 17.7 Å². The number of benzene rings is 1. The first-order valence-corrected chi connectivity index (χ1v) is 10.5. The fraction of sp³-hybridized carbons (Fsp3) is 0.591. The summed E-state index contributed by atoms with van der Waals surface area (Å²) < 4.78 is 5.28. The lowest BCUT2D eigenvalue weighted by Crippen LogP contribution is -2.52. The number of rotatable bonds is 8. The summed E-state index contributed by atoms with van der Waals surface area (Å²) in [6.07, 6.45) is 1.13. The van der Waals surface area contributed by atoms with Crippen molar-refractivity contribution in [3.05, 3.63) is 29.8 Å². The highest BCUT2D eigenvalue weighted by atomic mass is 16.5. The Hall–Kier alpha value is -2.61. The lowest BCUT2D eigenvalue weighted by Gasteiger charge is -2.34. The standard InChI is InChI=1S/C22H34N4O4/c1-14(2)19(23)22(29)26-11-9-16(10-12-26)21(28)25-15(3)20(27)24-13-17-7-5-6-8-18(17)30-4/h5-8,14-16,19H,9-13,23H2,1-4H3,(H,24,27)(H,25,28)/t15-,19-/m0/s1. The SMILES string of the molecule is COc1ccccc1CNC(=O)[C@H](C)NC(=O)C1CCN(C(=O)[C@@H](N)C(C)C)CC1. The molecule has 1 aromatic rings. The Bertz CT molecular complexity index is 744. The Labute approximate surface area is 178 Å². The van der Waals surface area contributed by atoms with Crippen molar-refractivity contribution < 1.29 is 19.1 Å². The lowest BCUT2D eigenvalue weighted by molar-refractivity contribution is -0.138. The van der Waals surface area contributed by atoms with Gasteiger partial charge in [0.15, 0.2) is 0 Å². The number of piperidine rings is 1. The number of ether oxygens (including phenoxy) is 1. The molecule has 0 aliphatic carbocycles. The third kappa shape index (κ3) is 6.19. The first-order valence-electron chi connectivity index (χ1n) is 10.5. The Balaban J connectivity index is 1.79. The molecule has 1 saturated heterocycles. The van der Waals surface area contributed by atoms with Crippen LogP contribution in [-0.4, -0.2) is 54.9 Å². The number of hydrogen-bond donors (Lipinski definition) is 3. The second-order valence-corrected chi connectivity index (χ2v) is 8.13. The number of nitrogens with two attached hydrogens (primary N) is 1. The van der Waals surface area contributed by atoms with Crippen LogP contribution >= 0.6 is 0 Å². The van der Waals surface area contributed by atoms with Gasteiger partial charge in [-0.15, -0.1) is 0 Å². The Kier molecular flexibility index (Phi) is 8.65. The number of carbonyl (C=O) groups is 3. The van der Waals surface area contributed by atoms with E-state index in [-0.39, 0.29) is 29.6 Å². The number of likely N-dealkylation sites (tertiary alicyclic amines) is 1. The second-order valence-electron chi connectivity index (χ2n) is 8.13. The largest absolute Gasteiger partial charge is 0.496 e. The van der Waals surface area contributed by atoms with E-state index in [0.29, 0.717) is 38.2 Å². The molecule has 0 unspecified atom stereocenters. The highest BCUT2D eigenvalue weighted by Gasteiger charge is 2.31. The van der Waals surface area contributed by atoms with Gasteiger partial charge in [0.1, 0.15) is 11.8 Å². The topological polar surface area (TPSA) is 114 Å². The van der Waals surface area contributed by atoms with Gasteiger partial charge in [0.05, 0.1) is 13.2 Å². The number of nitrogens with one attached hydrogen (secondary N) is 2. The van der Waals surface area contributed by atoms with E-state index >= 15 is 0 Å². The van der Waals surface area contributed by atoms with Crippen molar-refractivity contribution in [1.82, 2.24) is 15.5 Å². The monoisotopic (exact) mass is 418 g/mol. The van der Waals surface area contributed by atoms with Crippen LogP contribution in [0.25, 0.3) is 0 Å². The molecule has 1 aliphatic heterocycles. The lowest BCUT2D eigenvalue weighted by atomic mass is 9.94. The fourth-order valence-corrected chi connectivity index (χ4v) is 3.44. The zero-order chi connectivity index (χ0) is 22.3. The van der Waals surface area contributed by atoms with Gasteiger partial charge in [0, 0.05) is 31.1 Å². The van der Waals surface area contributed by atoms with Gasteiger partial charge >= 0.3 is 0 Å². The number of nitrogens with zero attached hydrogens (tertiary/aromatic N) is 1. The highest BCUT2D eigenvalue weighted by molar-refractivity contribution is 5.88. The number of carbonyl (C=O) groups excluding carboxylic acids is 3. The van der Waals surface area contributed by atoms with Crippen molar-refractivity contribution in [3.63, 3.8) is 0 Å². The van der Waals surface area contributed by atoms with E-state index in [0.717, 1.165) is 5.56 Å². The molecule has 4 N–H and O–H groups in total. The van der Waals surface area contributed by atoms with Crippen molar-refractivity contribution in [3.8, 4) is 5.75 Å². The van der Waals surface area contributed by atoms with Crippen LogP contribution in [0.3, 0.4) is 0 Å². The molecule has 166 valence electrons. The van der Waals surface area contributed by atoms with Crippen LogP contribution in [0.2, 0.25) is 0 Å². The van der Waals surface area contributed by atoms with Crippen LogP contribution in [0.1, 0.15) is 39.2 Å². The third-order valence-electron chi connectivity index (χ3n) is 5.58. The van der Waals surface area contributed by atoms with Crippen LogP contribution in [-0.2, 0) is 20.9 Å². The van der Waals surface area contributed by atoms with Crippen molar-refractivity contribution in [1.29, 1.82) is 0 Å². The first kappa shape index (κ1) is 23.7. The van der Waals surface area contributed by atoms with Crippen molar-refractivity contribution in [2.75, 3.05) is 20.2 Å². The minimum Gasteiger partial charge on any atom is -0.496 e. The molecule has 0 bridgehead atoms. The predicted octanol–water partition coefficient (Wildman–Crippen LogP) is 1.04. The summed E-state index contributed by atoms with van der Waals surface area (Å²) in [6.45, 7) is 6.83. The van der Waals surface area contributed by atoms with E-state index < -0.39 is 12.1 Å². The number of methoxy groups -OCH3 is 1. The molecule has 1 aliphatic rings. The van der Waals surface area contributed by atoms with Gasteiger partial charge in [-0.3, -0.25) is 14.4 Å². The summed E-state index contributed by atoms with van der Waals surface area (Å²) in [6, 6.07) is 6.28. The maximum Gasteiger partial charge on any atom is 0.242 e. The third-order valence-corrected chi connectivity index (χ3v) is 5.58.